The lowest BCUT2D eigenvalue weighted by Gasteiger charge is -2.24. The third-order valence-electron chi connectivity index (χ3n) is 4.77. The zero-order chi connectivity index (χ0) is 22.7. The summed E-state index contributed by atoms with van der Waals surface area (Å²) in [5.74, 6) is -0.869. The Hall–Kier alpha value is -2.79. The number of tetrazole rings is 1. The number of allylic oxidation sites excluding steroid dienone is 4. The molecule has 0 fully saturated rings. The van der Waals surface area contributed by atoms with E-state index in [0.29, 0.717) is 25.1 Å². The lowest BCUT2D eigenvalue weighted by Crippen LogP contribution is -2.26. The summed E-state index contributed by atoms with van der Waals surface area (Å²) >= 11 is 6.42. The number of aromatic nitrogens is 4. The highest BCUT2D eigenvalue weighted by atomic mass is 35.5. The number of carbonyl (C=O) groups is 2. The first-order valence-corrected chi connectivity index (χ1v) is 11.0. The van der Waals surface area contributed by atoms with E-state index in [2.05, 4.69) is 15.4 Å². The van der Waals surface area contributed by atoms with Gasteiger partial charge in [-0.25, -0.2) is 4.79 Å². The molecule has 0 radical (unpaired) electrons. The SMILES string of the molecule is Cc1nnn(C(C)COC2=C(Cl)C(C(=O)OC3=CC(=O)CCC3)=CC(=S(=O)=O)C2C)n1. The van der Waals surface area contributed by atoms with Crippen molar-refractivity contribution < 1.29 is 27.5 Å². The molecular weight excluding hydrogens is 448 g/mol. The molecule has 0 spiro atoms. The van der Waals surface area contributed by atoms with Crippen molar-refractivity contribution in [1.82, 2.24) is 20.2 Å². The lowest BCUT2D eigenvalue weighted by atomic mass is 9.95. The maximum Gasteiger partial charge on any atom is 0.344 e. The van der Waals surface area contributed by atoms with Crippen molar-refractivity contribution in [2.45, 2.75) is 46.1 Å². The van der Waals surface area contributed by atoms with E-state index in [0.717, 1.165) is 0 Å². The van der Waals surface area contributed by atoms with Crippen molar-refractivity contribution in [3.05, 3.63) is 40.1 Å². The molecule has 2 aliphatic carbocycles. The highest BCUT2D eigenvalue weighted by Gasteiger charge is 2.33. The van der Waals surface area contributed by atoms with Gasteiger partial charge in [0.15, 0.2) is 11.6 Å². The monoisotopic (exact) mass is 468 g/mol. The highest BCUT2D eigenvalue weighted by Crippen LogP contribution is 2.34. The second kappa shape index (κ2) is 9.56. The van der Waals surface area contributed by atoms with Crippen LogP contribution in [-0.4, -0.2) is 51.8 Å². The van der Waals surface area contributed by atoms with Crippen molar-refractivity contribution in [2.24, 2.45) is 5.92 Å². The minimum Gasteiger partial charge on any atom is -0.493 e. The standard InChI is InChI=1S/C19H21ClN4O6S/c1-10(24-22-12(3)21-23-24)9-29-18-11(2)16(31(27)28)8-15(17(18)20)19(26)30-14-6-4-5-13(25)7-14/h7-8,10-11H,4-6,9H2,1-3H3. The summed E-state index contributed by atoms with van der Waals surface area (Å²) < 4.78 is 34.6. The largest absolute Gasteiger partial charge is 0.493 e. The number of halogens is 1. The number of hydrogen-bond donors (Lipinski definition) is 0. The van der Waals surface area contributed by atoms with Crippen LogP contribution in [0.1, 0.15) is 45.0 Å². The number of hydrogen-bond acceptors (Lipinski definition) is 9. The van der Waals surface area contributed by atoms with Crippen molar-refractivity contribution >= 4 is 38.5 Å². The molecule has 0 saturated heterocycles. The Morgan fingerprint density at radius 3 is 2.71 bits per heavy atom. The van der Waals surface area contributed by atoms with E-state index in [9.17, 15) is 18.0 Å². The van der Waals surface area contributed by atoms with Gasteiger partial charge in [0.1, 0.15) is 24.2 Å². The maximum absolute atomic E-state index is 12.7. The molecule has 1 aromatic heterocycles. The fourth-order valence-corrected chi connectivity index (χ4v) is 4.05. The first kappa shape index (κ1) is 22.9. The van der Waals surface area contributed by atoms with Crippen LogP contribution < -0.4 is 0 Å². The molecule has 2 atom stereocenters. The molecule has 0 bridgehead atoms. The van der Waals surface area contributed by atoms with E-state index >= 15 is 0 Å². The first-order valence-electron chi connectivity index (χ1n) is 9.59. The molecule has 3 rings (SSSR count). The average molecular weight is 469 g/mol. The number of rotatable bonds is 6. The molecule has 0 amide bonds. The Morgan fingerprint density at radius 2 is 2.10 bits per heavy atom. The molecule has 2 aliphatic rings. The van der Waals surface area contributed by atoms with Gasteiger partial charge < -0.3 is 9.47 Å². The molecule has 1 heterocycles. The summed E-state index contributed by atoms with van der Waals surface area (Å²) in [4.78, 5) is 25.6. The predicted octanol–water partition coefficient (Wildman–Crippen LogP) is 1.82. The fraction of sp³-hybridized carbons (Fsp3) is 0.474. The van der Waals surface area contributed by atoms with Crippen LogP contribution in [0.2, 0.25) is 0 Å². The van der Waals surface area contributed by atoms with E-state index in [1.807, 2.05) is 0 Å². The Balaban J connectivity index is 1.86. The van der Waals surface area contributed by atoms with Gasteiger partial charge in [0.05, 0.1) is 21.4 Å². The number of esters is 1. The van der Waals surface area contributed by atoms with Crippen molar-refractivity contribution in [1.29, 1.82) is 0 Å². The number of carbonyl (C=O) groups excluding carboxylic acids is 2. The Morgan fingerprint density at radius 1 is 1.35 bits per heavy atom. The molecule has 2 unspecified atom stereocenters. The van der Waals surface area contributed by atoms with Crippen LogP contribution in [-0.2, 0) is 29.4 Å². The predicted molar refractivity (Wildman–Crippen MR) is 110 cm³/mol. The fourth-order valence-electron chi connectivity index (χ4n) is 3.09. The number of aryl methyl sites for hydroxylation is 1. The van der Waals surface area contributed by atoms with Gasteiger partial charge in [-0.05, 0) is 31.6 Å². The van der Waals surface area contributed by atoms with Gasteiger partial charge in [-0.3, -0.25) is 4.79 Å². The minimum absolute atomic E-state index is 0.0515. The molecule has 0 saturated carbocycles. The first-order chi connectivity index (χ1) is 14.7. The Labute approximate surface area is 185 Å². The van der Waals surface area contributed by atoms with Crippen molar-refractivity contribution in [3.8, 4) is 0 Å². The molecule has 0 N–H and O–H groups in total. The van der Waals surface area contributed by atoms with Crippen LogP contribution in [0.3, 0.4) is 0 Å². The van der Waals surface area contributed by atoms with Crippen LogP contribution in [0.4, 0.5) is 0 Å². The molecular formula is C19H21ClN4O6S. The Bertz CT molecular complexity index is 1140. The normalized spacial score (nSPS) is 20.2. The zero-order valence-corrected chi connectivity index (χ0v) is 18.7. The molecule has 31 heavy (non-hydrogen) atoms. The summed E-state index contributed by atoms with van der Waals surface area (Å²) in [5, 5.41) is 11.8. The summed E-state index contributed by atoms with van der Waals surface area (Å²) in [5.41, 5.74) is -0.157. The van der Waals surface area contributed by atoms with E-state index in [-0.39, 0.29) is 45.4 Å². The van der Waals surface area contributed by atoms with Crippen LogP contribution in [0.15, 0.2) is 34.3 Å². The molecule has 0 aromatic carbocycles. The van der Waals surface area contributed by atoms with Gasteiger partial charge in [-0.1, -0.05) is 18.5 Å². The summed E-state index contributed by atoms with van der Waals surface area (Å²) in [6.07, 6.45) is 3.83. The minimum atomic E-state index is -2.61. The summed E-state index contributed by atoms with van der Waals surface area (Å²) in [7, 11) is -2.61. The number of ether oxygens (including phenoxy) is 2. The quantitative estimate of drug-likeness (QED) is 0.453. The molecule has 12 heteroatoms. The summed E-state index contributed by atoms with van der Waals surface area (Å²) in [6, 6.07) is -0.328. The maximum atomic E-state index is 12.7. The summed E-state index contributed by atoms with van der Waals surface area (Å²) in [6.45, 7) is 5.15. The van der Waals surface area contributed by atoms with Crippen molar-refractivity contribution in [2.75, 3.05) is 6.61 Å². The molecule has 166 valence electrons. The second-order valence-corrected chi connectivity index (χ2v) is 8.55. The highest BCUT2D eigenvalue weighted by molar-refractivity contribution is 7.73. The van der Waals surface area contributed by atoms with Gasteiger partial charge >= 0.3 is 5.97 Å². The smallest absolute Gasteiger partial charge is 0.344 e. The third kappa shape index (κ3) is 5.28. The second-order valence-electron chi connectivity index (χ2n) is 7.23. The van der Waals surface area contributed by atoms with Gasteiger partial charge in [-0.2, -0.15) is 13.2 Å². The van der Waals surface area contributed by atoms with Gasteiger partial charge in [-0.15, -0.1) is 10.2 Å². The zero-order valence-electron chi connectivity index (χ0n) is 17.2. The van der Waals surface area contributed by atoms with Crippen LogP contribution in [0.25, 0.3) is 0 Å². The van der Waals surface area contributed by atoms with E-state index < -0.39 is 22.2 Å². The van der Waals surface area contributed by atoms with Crippen LogP contribution in [0, 0.1) is 12.8 Å². The van der Waals surface area contributed by atoms with Crippen LogP contribution >= 0.6 is 11.6 Å². The number of ketones is 1. The van der Waals surface area contributed by atoms with E-state index in [1.165, 1.54) is 16.9 Å². The van der Waals surface area contributed by atoms with Crippen molar-refractivity contribution in [3.63, 3.8) is 0 Å². The van der Waals surface area contributed by atoms with Crippen LogP contribution in [0.5, 0.6) is 0 Å². The van der Waals surface area contributed by atoms with Gasteiger partial charge in [0, 0.05) is 18.9 Å². The lowest BCUT2D eigenvalue weighted by molar-refractivity contribution is -0.135. The molecule has 0 aliphatic heterocycles. The van der Waals surface area contributed by atoms with Gasteiger partial charge in [0.25, 0.3) is 0 Å². The average Bonchev–Trinajstić information content (AvgIpc) is 3.14. The Kier molecular flexibility index (Phi) is 7.06. The van der Waals surface area contributed by atoms with E-state index in [1.54, 1.807) is 20.8 Å². The number of nitrogens with zero attached hydrogens (tertiary/aromatic N) is 4. The topological polar surface area (TPSA) is 130 Å². The van der Waals surface area contributed by atoms with E-state index in [4.69, 9.17) is 21.1 Å². The van der Waals surface area contributed by atoms with Gasteiger partial charge in [0.2, 0.25) is 10.3 Å². The third-order valence-corrected chi connectivity index (χ3v) is 6.01. The molecule has 10 nitrogen and oxygen atoms in total. The molecule has 1 aromatic rings.